The monoisotopic (exact) mass is 625 g/mol. The predicted molar refractivity (Wildman–Crippen MR) is 181 cm³/mol. The van der Waals surface area contributed by atoms with Gasteiger partial charge in [-0.15, -0.1) is 0 Å². The molecule has 6 rings (SSSR count). The van der Waals surface area contributed by atoms with E-state index in [1.807, 2.05) is 29.6 Å². The van der Waals surface area contributed by atoms with E-state index in [1.165, 1.54) is 29.7 Å². The maximum atomic E-state index is 10.3. The molecule has 4 aliphatic rings. The molecule has 2 fully saturated rings. The normalized spacial score (nSPS) is 24.8. The summed E-state index contributed by atoms with van der Waals surface area (Å²) in [4.78, 5) is 17.6. The summed E-state index contributed by atoms with van der Waals surface area (Å²) in [7, 11) is 0. The number of pyridine rings is 1. The maximum absolute atomic E-state index is 10.3. The number of allylic oxidation sites excluding steroid dienone is 2. The lowest BCUT2D eigenvalue weighted by Crippen LogP contribution is -2.24. The molecule has 0 radical (unpaired) electrons. The number of nitrogens with zero attached hydrogens (tertiary/aromatic N) is 5. The van der Waals surface area contributed by atoms with Crippen LogP contribution in [0.25, 0.3) is 11.1 Å². The van der Waals surface area contributed by atoms with Crippen LogP contribution in [0.5, 0.6) is 0 Å². The van der Waals surface area contributed by atoms with E-state index in [-0.39, 0.29) is 12.2 Å². The van der Waals surface area contributed by atoms with Gasteiger partial charge in [0.1, 0.15) is 12.1 Å². The van der Waals surface area contributed by atoms with Crippen molar-refractivity contribution in [2.24, 2.45) is 11.8 Å². The quantitative estimate of drug-likeness (QED) is 0.274. The van der Waals surface area contributed by atoms with Crippen molar-refractivity contribution in [1.29, 1.82) is 0 Å². The first kappa shape index (κ1) is 32.2. The number of aliphatic hydroxyl groups excluding tert-OH is 2. The first-order valence-electron chi connectivity index (χ1n) is 15.5. The molecular weight excluding hydrogens is 579 g/mol. The molecule has 2 aromatic rings. The van der Waals surface area contributed by atoms with Crippen molar-refractivity contribution < 1.29 is 10.2 Å². The Kier molecular flexibility index (Phi) is 11.4. The summed E-state index contributed by atoms with van der Waals surface area (Å²) in [5.41, 5.74) is 19.5. The highest BCUT2D eigenvalue weighted by atomic mass is 32.2. The van der Waals surface area contributed by atoms with E-state index in [2.05, 4.69) is 50.1 Å². The van der Waals surface area contributed by atoms with Crippen molar-refractivity contribution in [3.05, 3.63) is 53.3 Å². The van der Waals surface area contributed by atoms with Gasteiger partial charge in [-0.25, -0.2) is 9.97 Å². The van der Waals surface area contributed by atoms with Crippen LogP contribution >= 0.6 is 23.5 Å². The number of aliphatic hydroxyl groups is 2. The number of fused-ring (bicyclic) bond motifs is 2. The average molecular weight is 626 g/mol. The minimum absolute atomic E-state index is 0.197. The number of rotatable bonds is 11. The molecule has 4 atom stereocenters. The molecule has 0 aromatic carbocycles. The molecule has 0 amide bonds. The Labute approximate surface area is 264 Å². The summed E-state index contributed by atoms with van der Waals surface area (Å²) >= 11 is 3.78. The molecule has 9 nitrogen and oxygen atoms in total. The smallest absolute Gasteiger partial charge is 0.130 e. The van der Waals surface area contributed by atoms with Gasteiger partial charge >= 0.3 is 0 Å². The van der Waals surface area contributed by atoms with Crippen LogP contribution in [0.1, 0.15) is 42.3 Å². The van der Waals surface area contributed by atoms with Gasteiger partial charge in [0.2, 0.25) is 0 Å². The summed E-state index contributed by atoms with van der Waals surface area (Å²) in [5, 5.41) is 20.4. The number of anilines is 2. The van der Waals surface area contributed by atoms with Gasteiger partial charge in [-0.05, 0) is 60.0 Å². The standard InChI is InChI=1S/C17H26N4OS.C15H21N3OS/c1-2-3-6-23-10-13-8-21(9-15(13)22)7-12-4-5-14-16(12)19-11-20-17(14)18;1-20-9-11-7-18(8-14(11)19)6-10-2-3-12-13(16)4-5-17-15(10)12/h4,11,13,15,22H,2-3,5-10H2,1H3,(H2,18,19,20);2,4-5,11,14,19H,3,6-9H2,1H3,(H2,16,17)/t13-,15?;11-,14+/m11/s1. The number of likely N-dealkylation sites (tertiary alicyclic amines) is 2. The van der Waals surface area contributed by atoms with Crippen LogP contribution in [0.4, 0.5) is 11.5 Å². The highest BCUT2D eigenvalue weighted by molar-refractivity contribution is 7.99. The molecule has 2 aliphatic heterocycles. The number of hydrogen-bond acceptors (Lipinski definition) is 11. The molecule has 2 saturated heterocycles. The minimum Gasteiger partial charge on any atom is -0.398 e. The Hall–Kier alpha value is -2.15. The molecule has 2 aliphatic carbocycles. The summed E-state index contributed by atoms with van der Waals surface area (Å²) < 4.78 is 0. The fraction of sp³-hybridized carbons (Fsp3) is 0.594. The van der Waals surface area contributed by atoms with Crippen molar-refractivity contribution in [3.63, 3.8) is 0 Å². The Morgan fingerprint density at radius 1 is 0.860 bits per heavy atom. The van der Waals surface area contributed by atoms with Crippen LogP contribution in [-0.4, -0.2) is 110 Å². The summed E-state index contributed by atoms with van der Waals surface area (Å²) in [5.74, 6) is 4.65. The second-order valence-electron chi connectivity index (χ2n) is 12.1. The van der Waals surface area contributed by atoms with E-state index in [1.54, 1.807) is 12.5 Å². The van der Waals surface area contributed by atoms with Gasteiger partial charge < -0.3 is 21.7 Å². The van der Waals surface area contributed by atoms with E-state index in [9.17, 15) is 10.2 Å². The third-order valence-electron chi connectivity index (χ3n) is 8.89. The first-order chi connectivity index (χ1) is 20.9. The van der Waals surface area contributed by atoms with Crippen LogP contribution in [-0.2, 0) is 12.8 Å². The molecule has 1 unspecified atom stereocenters. The van der Waals surface area contributed by atoms with E-state index in [4.69, 9.17) is 11.5 Å². The van der Waals surface area contributed by atoms with E-state index < -0.39 is 0 Å². The average Bonchev–Trinajstić information content (AvgIpc) is 3.76. The van der Waals surface area contributed by atoms with Crippen LogP contribution in [0.15, 0.2) is 30.7 Å². The summed E-state index contributed by atoms with van der Waals surface area (Å²) in [6.45, 7) is 7.38. The molecule has 6 N–H and O–H groups in total. The maximum Gasteiger partial charge on any atom is 0.130 e. The van der Waals surface area contributed by atoms with Gasteiger partial charge in [-0.2, -0.15) is 23.5 Å². The lowest BCUT2D eigenvalue weighted by atomic mass is 10.1. The van der Waals surface area contributed by atoms with Crippen molar-refractivity contribution in [2.75, 3.05) is 74.3 Å². The number of β-amino-alcohol motifs (C(OH)–C–C–N with tert-alkyl or cyclic N) is 2. The SMILES string of the molecule is CCCCSC[C@H]1CN(CC2=CCc3c(N)ncnc32)CC1O.CSC[C@H]1CN(CC2=CCc3c(N)ccnc32)C[C@@H]1O. The topological polar surface area (TPSA) is 138 Å². The highest BCUT2D eigenvalue weighted by Gasteiger charge is 2.33. The second kappa shape index (κ2) is 15.2. The third-order valence-corrected chi connectivity index (χ3v) is 10.9. The highest BCUT2D eigenvalue weighted by Crippen LogP contribution is 2.32. The zero-order valence-electron chi connectivity index (χ0n) is 25.5. The Morgan fingerprint density at radius 2 is 1.49 bits per heavy atom. The molecule has 0 spiro atoms. The minimum atomic E-state index is -0.207. The molecule has 234 valence electrons. The summed E-state index contributed by atoms with van der Waals surface area (Å²) in [6.07, 6.45) is 13.7. The molecular formula is C32H47N7O2S2. The summed E-state index contributed by atoms with van der Waals surface area (Å²) in [6, 6.07) is 1.86. The second-order valence-corrected chi connectivity index (χ2v) is 14.2. The predicted octanol–water partition coefficient (Wildman–Crippen LogP) is 3.08. The fourth-order valence-electron chi connectivity index (χ4n) is 6.47. The van der Waals surface area contributed by atoms with Gasteiger partial charge in [-0.3, -0.25) is 14.8 Å². The van der Waals surface area contributed by atoms with Crippen LogP contribution < -0.4 is 11.5 Å². The van der Waals surface area contributed by atoms with Crippen LogP contribution in [0.3, 0.4) is 0 Å². The zero-order valence-corrected chi connectivity index (χ0v) is 27.1. The zero-order chi connectivity index (χ0) is 30.3. The largest absolute Gasteiger partial charge is 0.398 e. The van der Waals surface area contributed by atoms with Crippen molar-refractivity contribution in [1.82, 2.24) is 24.8 Å². The Balaban J connectivity index is 0.000000173. The molecule has 0 saturated carbocycles. The number of nitrogen functional groups attached to an aromatic ring is 2. The number of unbranched alkanes of at least 4 members (excludes halogenated alkanes) is 1. The molecule has 2 aromatic heterocycles. The van der Waals surface area contributed by atoms with Crippen LogP contribution in [0.2, 0.25) is 0 Å². The molecule has 0 bridgehead atoms. The van der Waals surface area contributed by atoms with Gasteiger partial charge in [0, 0.05) is 74.1 Å². The van der Waals surface area contributed by atoms with E-state index in [0.29, 0.717) is 17.7 Å². The van der Waals surface area contributed by atoms with Gasteiger partial charge in [-0.1, -0.05) is 25.5 Å². The van der Waals surface area contributed by atoms with Gasteiger partial charge in [0.15, 0.2) is 0 Å². The third kappa shape index (κ3) is 7.93. The number of hydrogen-bond donors (Lipinski definition) is 4. The number of thioether (sulfide) groups is 2. The lowest BCUT2D eigenvalue weighted by molar-refractivity contribution is 0.151. The molecule has 43 heavy (non-hydrogen) atoms. The molecule has 4 heterocycles. The first-order valence-corrected chi connectivity index (χ1v) is 18.0. The van der Waals surface area contributed by atoms with Gasteiger partial charge in [0.25, 0.3) is 0 Å². The van der Waals surface area contributed by atoms with Crippen LogP contribution in [0, 0.1) is 11.8 Å². The van der Waals surface area contributed by atoms with Crippen molar-refractivity contribution in [2.45, 2.75) is 44.8 Å². The molecule has 11 heteroatoms. The number of aromatic nitrogens is 3. The van der Waals surface area contributed by atoms with Gasteiger partial charge in [0.05, 0.1) is 23.6 Å². The Bertz CT molecular complexity index is 1310. The van der Waals surface area contributed by atoms with E-state index in [0.717, 1.165) is 91.8 Å². The lowest BCUT2D eigenvalue weighted by Gasteiger charge is -2.16. The van der Waals surface area contributed by atoms with Crippen molar-refractivity contribution in [3.8, 4) is 0 Å². The van der Waals surface area contributed by atoms with Crippen molar-refractivity contribution >= 4 is 46.2 Å². The Morgan fingerprint density at radius 3 is 2.14 bits per heavy atom. The fourth-order valence-corrected chi connectivity index (χ4v) is 8.52. The van der Waals surface area contributed by atoms with E-state index >= 15 is 0 Å². The number of nitrogens with two attached hydrogens (primary N) is 2.